The van der Waals surface area contributed by atoms with Gasteiger partial charge < -0.3 is 11.5 Å². The lowest BCUT2D eigenvalue weighted by molar-refractivity contribution is 0.616. The number of guanidine groups is 1. The van der Waals surface area contributed by atoms with E-state index in [2.05, 4.69) is 10.2 Å². The maximum atomic E-state index is 13.2. The van der Waals surface area contributed by atoms with Crippen LogP contribution in [0.25, 0.3) is 0 Å². The highest BCUT2D eigenvalue weighted by Crippen LogP contribution is 2.07. The van der Waals surface area contributed by atoms with Gasteiger partial charge in [0.25, 0.3) is 0 Å². The van der Waals surface area contributed by atoms with Crippen LogP contribution < -0.4 is 11.5 Å². The highest BCUT2D eigenvalue weighted by molar-refractivity contribution is 5.85. The summed E-state index contributed by atoms with van der Waals surface area (Å²) in [5.74, 6) is -0.361. The quantitative estimate of drug-likeness (QED) is 0.442. The van der Waals surface area contributed by atoms with Crippen LogP contribution in [0.15, 0.2) is 34.5 Å². The van der Waals surface area contributed by atoms with Gasteiger partial charge in [0.1, 0.15) is 5.82 Å². The summed E-state index contributed by atoms with van der Waals surface area (Å²) >= 11 is 0. The lowest BCUT2D eigenvalue weighted by atomic mass is 10.1. The molecule has 0 aliphatic heterocycles. The van der Waals surface area contributed by atoms with Crippen LogP contribution in [0.2, 0.25) is 0 Å². The molecule has 80 valence electrons. The third-order valence-corrected chi connectivity index (χ3v) is 1.74. The van der Waals surface area contributed by atoms with Gasteiger partial charge in [0.15, 0.2) is 0 Å². The normalized spacial score (nSPS) is 11.2. The average molecular weight is 208 g/mol. The van der Waals surface area contributed by atoms with Gasteiger partial charge in [-0.1, -0.05) is 18.2 Å². The molecule has 0 spiro atoms. The fourth-order valence-corrected chi connectivity index (χ4v) is 1.10. The van der Waals surface area contributed by atoms with Gasteiger partial charge in [-0.05, 0) is 18.6 Å². The predicted molar refractivity (Wildman–Crippen MR) is 59.0 cm³/mol. The number of benzene rings is 1. The number of hydrogen-bond acceptors (Lipinski definition) is 2. The molecule has 4 nitrogen and oxygen atoms in total. The second kappa shape index (κ2) is 5.09. The minimum Gasteiger partial charge on any atom is -0.369 e. The highest BCUT2D eigenvalue weighted by atomic mass is 19.1. The number of rotatable bonds is 3. The molecular weight excluding hydrogens is 195 g/mol. The molecule has 1 aromatic rings. The Kier molecular flexibility index (Phi) is 3.79. The summed E-state index contributed by atoms with van der Waals surface area (Å²) in [4.78, 5) is 0. The summed E-state index contributed by atoms with van der Waals surface area (Å²) in [6.45, 7) is 1.74. The molecule has 0 bridgehead atoms. The summed E-state index contributed by atoms with van der Waals surface area (Å²) in [6.07, 6.45) is 0.392. The fourth-order valence-electron chi connectivity index (χ4n) is 1.10. The molecule has 5 heteroatoms. The standard InChI is InChI=1S/C10H13FN4/c1-7(14-15-10(12)13)6-8-4-2-3-5-9(8)11/h2-5H,6H2,1H3,(H4,12,13,15)/b14-7-. The zero-order valence-electron chi connectivity index (χ0n) is 8.44. The third-order valence-electron chi connectivity index (χ3n) is 1.74. The summed E-state index contributed by atoms with van der Waals surface area (Å²) < 4.78 is 13.2. The van der Waals surface area contributed by atoms with Gasteiger partial charge in [0.2, 0.25) is 5.96 Å². The zero-order valence-corrected chi connectivity index (χ0v) is 8.44. The van der Waals surface area contributed by atoms with E-state index in [1.165, 1.54) is 6.07 Å². The van der Waals surface area contributed by atoms with Crippen LogP contribution in [-0.2, 0) is 6.42 Å². The van der Waals surface area contributed by atoms with Crippen LogP contribution in [0.3, 0.4) is 0 Å². The lowest BCUT2D eigenvalue weighted by Gasteiger charge is -2.00. The van der Waals surface area contributed by atoms with Gasteiger partial charge >= 0.3 is 0 Å². The molecule has 4 N–H and O–H groups in total. The summed E-state index contributed by atoms with van der Waals surface area (Å²) in [7, 11) is 0. The first-order chi connectivity index (χ1) is 7.09. The van der Waals surface area contributed by atoms with E-state index in [9.17, 15) is 4.39 Å². The topological polar surface area (TPSA) is 76.8 Å². The second-order valence-corrected chi connectivity index (χ2v) is 3.13. The van der Waals surface area contributed by atoms with Crippen molar-refractivity contribution in [1.29, 1.82) is 0 Å². The molecule has 0 saturated carbocycles. The first-order valence-corrected chi connectivity index (χ1v) is 4.45. The molecule has 0 aromatic heterocycles. The van der Waals surface area contributed by atoms with Crippen LogP contribution in [0.1, 0.15) is 12.5 Å². The first-order valence-electron chi connectivity index (χ1n) is 4.45. The van der Waals surface area contributed by atoms with Gasteiger partial charge in [-0.2, -0.15) is 5.10 Å². The number of halogens is 1. The van der Waals surface area contributed by atoms with Crippen molar-refractivity contribution in [3.63, 3.8) is 0 Å². The van der Waals surface area contributed by atoms with Gasteiger partial charge in [-0.3, -0.25) is 0 Å². The van der Waals surface area contributed by atoms with Crippen molar-refractivity contribution in [3.05, 3.63) is 35.6 Å². The monoisotopic (exact) mass is 208 g/mol. The molecule has 0 heterocycles. The fraction of sp³-hybridized carbons (Fsp3) is 0.200. The molecule has 0 atom stereocenters. The predicted octanol–water partition coefficient (Wildman–Crippen LogP) is 1.02. The SMILES string of the molecule is C/C(Cc1ccccc1F)=N/N=C(N)N. The van der Waals surface area contributed by atoms with Crippen molar-refractivity contribution in [3.8, 4) is 0 Å². The molecular formula is C10H13FN4. The van der Waals surface area contributed by atoms with E-state index in [0.29, 0.717) is 17.7 Å². The lowest BCUT2D eigenvalue weighted by Crippen LogP contribution is -2.22. The van der Waals surface area contributed by atoms with Crippen LogP contribution >= 0.6 is 0 Å². The maximum absolute atomic E-state index is 13.2. The highest BCUT2D eigenvalue weighted by Gasteiger charge is 2.01. The van der Waals surface area contributed by atoms with E-state index in [-0.39, 0.29) is 11.8 Å². The first kappa shape index (κ1) is 11.2. The molecule has 0 radical (unpaired) electrons. The Balaban J connectivity index is 2.75. The maximum Gasteiger partial charge on any atom is 0.211 e. The summed E-state index contributed by atoms with van der Waals surface area (Å²) in [5, 5.41) is 7.24. The molecule has 0 aliphatic rings. The van der Waals surface area contributed by atoms with E-state index >= 15 is 0 Å². The Morgan fingerprint density at radius 2 is 1.93 bits per heavy atom. The minimum absolute atomic E-state index is 0.108. The molecule has 1 aromatic carbocycles. The van der Waals surface area contributed by atoms with Crippen LogP contribution in [0, 0.1) is 5.82 Å². The van der Waals surface area contributed by atoms with E-state index in [4.69, 9.17) is 11.5 Å². The molecule has 0 saturated heterocycles. The van der Waals surface area contributed by atoms with Gasteiger partial charge in [0.05, 0.1) is 0 Å². The Hall–Kier alpha value is -1.91. The number of hydrogen-bond donors (Lipinski definition) is 2. The van der Waals surface area contributed by atoms with Crippen molar-refractivity contribution < 1.29 is 4.39 Å². The average Bonchev–Trinajstić information content (AvgIpc) is 2.18. The molecule has 1 rings (SSSR count). The Bertz CT molecular complexity index is 394. The summed E-state index contributed by atoms with van der Waals surface area (Å²) in [5.41, 5.74) is 11.4. The van der Waals surface area contributed by atoms with E-state index < -0.39 is 0 Å². The van der Waals surface area contributed by atoms with Crippen LogP contribution in [-0.4, -0.2) is 11.7 Å². The Morgan fingerprint density at radius 1 is 1.27 bits per heavy atom. The summed E-state index contributed by atoms with van der Waals surface area (Å²) in [6, 6.07) is 6.51. The number of nitrogens with two attached hydrogens (primary N) is 2. The molecule has 0 unspecified atom stereocenters. The van der Waals surface area contributed by atoms with Crippen LogP contribution in [0.4, 0.5) is 4.39 Å². The van der Waals surface area contributed by atoms with Gasteiger partial charge in [0, 0.05) is 12.1 Å². The van der Waals surface area contributed by atoms with Crippen molar-refractivity contribution in [2.24, 2.45) is 21.7 Å². The molecule has 0 fully saturated rings. The van der Waals surface area contributed by atoms with Gasteiger partial charge in [-0.15, -0.1) is 5.10 Å². The van der Waals surface area contributed by atoms with Crippen molar-refractivity contribution in [1.82, 2.24) is 0 Å². The zero-order chi connectivity index (χ0) is 11.3. The van der Waals surface area contributed by atoms with Crippen molar-refractivity contribution >= 4 is 11.7 Å². The number of nitrogens with zero attached hydrogens (tertiary/aromatic N) is 2. The minimum atomic E-state index is -0.253. The smallest absolute Gasteiger partial charge is 0.211 e. The van der Waals surface area contributed by atoms with Gasteiger partial charge in [-0.25, -0.2) is 4.39 Å². The van der Waals surface area contributed by atoms with E-state index in [1.54, 1.807) is 25.1 Å². The Labute approximate surface area is 87.5 Å². The largest absolute Gasteiger partial charge is 0.369 e. The second-order valence-electron chi connectivity index (χ2n) is 3.13. The third kappa shape index (κ3) is 3.76. The molecule has 0 amide bonds. The van der Waals surface area contributed by atoms with Crippen LogP contribution in [0.5, 0.6) is 0 Å². The van der Waals surface area contributed by atoms with E-state index in [1.807, 2.05) is 0 Å². The Morgan fingerprint density at radius 3 is 2.53 bits per heavy atom. The molecule has 0 aliphatic carbocycles. The van der Waals surface area contributed by atoms with Crippen molar-refractivity contribution in [2.45, 2.75) is 13.3 Å². The molecule has 15 heavy (non-hydrogen) atoms. The van der Waals surface area contributed by atoms with Crippen molar-refractivity contribution in [2.75, 3.05) is 0 Å². The van der Waals surface area contributed by atoms with E-state index in [0.717, 1.165) is 0 Å².